The third-order valence-corrected chi connectivity index (χ3v) is 16.6. The van der Waals surface area contributed by atoms with Crippen LogP contribution in [0.15, 0.2) is 322 Å². The van der Waals surface area contributed by atoms with Crippen LogP contribution in [-0.2, 0) is 0 Å². The lowest BCUT2D eigenvalue weighted by molar-refractivity contribution is 1.32. The van der Waals surface area contributed by atoms with Gasteiger partial charge in [0, 0.05) is 0 Å². The smallest absolute Gasteiger partial charge is 0.0103 e. The summed E-state index contributed by atoms with van der Waals surface area (Å²) >= 11 is 0. The average molecular weight is 1290 g/mol. The summed E-state index contributed by atoms with van der Waals surface area (Å²) in [7, 11) is 0. The zero-order chi connectivity index (χ0) is 71.2. The molecule has 0 aliphatic heterocycles. The lowest BCUT2D eigenvalue weighted by Gasteiger charge is -2.04. The number of rotatable bonds is 2. The molecule has 0 fully saturated rings. The average Bonchev–Trinajstić information content (AvgIpc) is 0.802. The van der Waals surface area contributed by atoms with E-state index in [9.17, 15) is 0 Å². The van der Waals surface area contributed by atoms with Crippen LogP contribution < -0.4 is 0 Å². The molecule has 0 aliphatic carbocycles. The van der Waals surface area contributed by atoms with Gasteiger partial charge in [-0.05, 0) is 183 Å². The van der Waals surface area contributed by atoms with Gasteiger partial charge in [-0.15, -0.1) is 0 Å². The van der Waals surface area contributed by atoms with Crippen LogP contribution in [0.5, 0.6) is 0 Å². The van der Waals surface area contributed by atoms with E-state index in [1.165, 1.54) is 160 Å². The minimum absolute atomic E-state index is 1.29. The summed E-state index contributed by atoms with van der Waals surface area (Å²) < 4.78 is 0. The van der Waals surface area contributed by atoms with Crippen molar-refractivity contribution in [1.82, 2.24) is 0 Å². The Bertz CT molecular complexity index is 4590. The van der Waals surface area contributed by atoms with E-state index in [4.69, 9.17) is 0 Å². The van der Waals surface area contributed by atoms with E-state index in [0.29, 0.717) is 0 Å². The van der Waals surface area contributed by atoms with Gasteiger partial charge in [0.2, 0.25) is 0 Å². The van der Waals surface area contributed by atoms with Gasteiger partial charge in [0.05, 0.1) is 0 Å². The number of benzene rings is 15. The Balaban J connectivity index is 0.000000159. The quantitative estimate of drug-likeness (QED) is 0.151. The topological polar surface area (TPSA) is 0 Å². The molecule has 0 unspecified atom stereocenters. The van der Waals surface area contributed by atoms with Crippen molar-refractivity contribution in [1.29, 1.82) is 0 Å². The Labute approximate surface area is 595 Å². The molecular weight excluding hydrogens is 1190 g/mol. The van der Waals surface area contributed by atoms with Gasteiger partial charge in [-0.2, -0.15) is 0 Å². The van der Waals surface area contributed by atoms with Crippen LogP contribution >= 0.6 is 0 Å². The van der Waals surface area contributed by atoms with Crippen LogP contribution in [0, 0.1) is 118 Å². The molecule has 0 radical (unpaired) electrons. The fourth-order valence-electron chi connectivity index (χ4n) is 11.9. The molecule has 15 rings (SSSR count). The van der Waals surface area contributed by atoms with Gasteiger partial charge in [0.25, 0.3) is 0 Å². The van der Waals surface area contributed by atoms with Crippen LogP contribution in [-0.4, -0.2) is 0 Å². The molecule has 0 N–H and O–H groups in total. The van der Waals surface area contributed by atoms with Gasteiger partial charge in [-0.25, -0.2) is 0 Å². The zero-order valence-electron chi connectivity index (χ0n) is 62.1. The van der Waals surface area contributed by atoms with E-state index < -0.39 is 0 Å². The van der Waals surface area contributed by atoms with E-state index in [0.717, 1.165) is 0 Å². The van der Waals surface area contributed by atoms with Crippen molar-refractivity contribution in [3.63, 3.8) is 0 Å². The first kappa shape index (κ1) is 75.7. The fourth-order valence-corrected chi connectivity index (χ4v) is 11.9. The van der Waals surface area contributed by atoms with Gasteiger partial charge in [0.15, 0.2) is 0 Å². The SMILES string of the molecule is Cc1cc(C)cc(-c2ccccc2)c1.Cc1cc(C)cc(-c2ccccc2)c1.Cc1cc(C)cc(C)c1.Cc1ccc(C)cc1.Cc1ccc(C)cc1.Cc1ccc2c(ccc3ccccc32)c1.Cc1ccc2ccc3ccccc3c2c1.Cc1cccc(C)c1.Cc1cccc(C)c1. The van der Waals surface area contributed by atoms with Crippen molar-refractivity contribution < 1.29 is 0 Å². The summed E-state index contributed by atoms with van der Waals surface area (Å²) in [4.78, 5) is 0. The molecule has 0 nitrogen and oxygen atoms in total. The van der Waals surface area contributed by atoms with Crippen LogP contribution in [0.25, 0.3) is 65.3 Å². The molecule has 0 heteroatoms. The summed E-state index contributed by atoms with van der Waals surface area (Å²) in [5.41, 5.74) is 27.9. The molecule has 0 aliphatic rings. The molecule has 99 heavy (non-hydrogen) atoms. The van der Waals surface area contributed by atoms with Crippen molar-refractivity contribution in [2.24, 2.45) is 0 Å². The predicted octanol–water partition coefficient (Wildman–Crippen LogP) is 28.4. The number of fused-ring (bicyclic) bond motifs is 6. The monoisotopic (exact) mass is 1290 g/mol. The minimum Gasteiger partial charge on any atom is -0.0622 e. The molecule has 15 aromatic rings. The maximum atomic E-state index is 2.26. The van der Waals surface area contributed by atoms with E-state index in [2.05, 4.69) is 427 Å². The molecule has 0 spiro atoms. The molecule has 0 saturated heterocycles. The number of hydrogen-bond acceptors (Lipinski definition) is 0. The second-order valence-electron chi connectivity index (χ2n) is 26.8. The summed E-state index contributed by atoms with van der Waals surface area (Å²) in [6, 6.07) is 114. The molecule has 0 atom stereocenters. The Hall–Kier alpha value is -10.7. The Morgan fingerprint density at radius 2 is 0.343 bits per heavy atom. The molecule has 0 bridgehead atoms. The summed E-state index contributed by atoms with van der Waals surface area (Å²) in [5, 5.41) is 10.7. The Morgan fingerprint density at radius 1 is 0.111 bits per heavy atom. The van der Waals surface area contributed by atoms with Gasteiger partial charge >= 0.3 is 0 Å². The third-order valence-electron chi connectivity index (χ3n) is 16.6. The largest absolute Gasteiger partial charge is 0.0622 e. The van der Waals surface area contributed by atoms with E-state index in [1.807, 2.05) is 12.1 Å². The first-order valence-corrected chi connectivity index (χ1v) is 34.8. The number of hydrogen-bond donors (Lipinski definition) is 0. The van der Waals surface area contributed by atoms with Crippen molar-refractivity contribution in [2.75, 3.05) is 0 Å². The molecule has 0 aromatic heterocycles. The molecule has 0 heterocycles. The maximum Gasteiger partial charge on any atom is -0.0103 e. The first-order chi connectivity index (χ1) is 47.5. The number of aryl methyl sites for hydroxylation is 17. The second kappa shape index (κ2) is 38.9. The first-order valence-electron chi connectivity index (χ1n) is 34.8. The molecular formula is C99H104. The van der Waals surface area contributed by atoms with E-state index in [1.54, 1.807) is 0 Å². The van der Waals surface area contributed by atoms with Gasteiger partial charge < -0.3 is 0 Å². The summed E-state index contributed by atoms with van der Waals surface area (Å²) in [6.07, 6.45) is 0. The van der Waals surface area contributed by atoms with E-state index in [-0.39, 0.29) is 0 Å². The lowest BCUT2D eigenvalue weighted by Crippen LogP contribution is -1.81. The van der Waals surface area contributed by atoms with Crippen molar-refractivity contribution in [3.05, 3.63) is 416 Å². The maximum absolute atomic E-state index is 2.26. The van der Waals surface area contributed by atoms with Gasteiger partial charge in [-0.1, -0.05) is 416 Å². The van der Waals surface area contributed by atoms with Crippen molar-refractivity contribution in [2.45, 2.75) is 118 Å². The molecule has 15 aromatic carbocycles. The van der Waals surface area contributed by atoms with Crippen molar-refractivity contribution in [3.8, 4) is 22.3 Å². The fraction of sp³-hybridized carbons (Fsp3) is 0.172. The highest BCUT2D eigenvalue weighted by molar-refractivity contribution is 6.08. The lowest BCUT2D eigenvalue weighted by atomic mass is 10.0. The van der Waals surface area contributed by atoms with E-state index >= 15 is 0 Å². The highest BCUT2D eigenvalue weighted by Crippen LogP contribution is 2.28. The van der Waals surface area contributed by atoms with Crippen molar-refractivity contribution >= 4 is 43.1 Å². The molecule has 0 amide bonds. The van der Waals surface area contributed by atoms with Crippen LogP contribution in [0.4, 0.5) is 0 Å². The van der Waals surface area contributed by atoms with Crippen LogP contribution in [0.2, 0.25) is 0 Å². The predicted molar refractivity (Wildman–Crippen MR) is 439 cm³/mol. The molecule has 0 saturated carbocycles. The van der Waals surface area contributed by atoms with Crippen LogP contribution in [0.1, 0.15) is 94.6 Å². The Kier molecular flexibility index (Phi) is 29.8. The summed E-state index contributed by atoms with van der Waals surface area (Å²) in [5.74, 6) is 0. The van der Waals surface area contributed by atoms with Crippen LogP contribution in [0.3, 0.4) is 0 Å². The molecule has 500 valence electrons. The second-order valence-corrected chi connectivity index (χ2v) is 26.8. The third kappa shape index (κ3) is 26.4. The van der Waals surface area contributed by atoms with Gasteiger partial charge in [0.1, 0.15) is 0 Å². The minimum atomic E-state index is 1.29. The zero-order valence-corrected chi connectivity index (χ0v) is 62.1. The normalized spacial score (nSPS) is 10.1. The Morgan fingerprint density at radius 3 is 0.687 bits per heavy atom. The standard InChI is InChI=1S/2C15H12.2C14H14.C9H12.4C8H10/c1-11-6-9-15-13(10-11)8-7-12-4-2-3-5-14(12)15;1-11-6-7-13-9-8-12-4-2-3-5-14(12)15(13)10-11;2*1-11-8-12(2)10-14(9-11)13-6-4-3-5-7-13;1-7-4-8(2)6-9(3)5-7;2*1-7-3-5-8(2)6-4-7;2*1-7-4-3-5-8(2)6-7/h2*2-10H,1H3;2*3-10H,1-2H3;4-6H,1-3H3;4*3-6H,1-2H3. The van der Waals surface area contributed by atoms with Gasteiger partial charge in [-0.3, -0.25) is 0 Å². The highest BCUT2D eigenvalue weighted by Gasteiger charge is 2.03. The highest BCUT2D eigenvalue weighted by atomic mass is 14.1. The summed E-state index contributed by atoms with van der Waals surface area (Å²) in [6.45, 7) is 36.0.